The minimum atomic E-state index is -0.0989. The van der Waals surface area contributed by atoms with Crippen LogP contribution in [0.1, 0.15) is 30.9 Å². The molecule has 1 aliphatic heterocycles. The van der Waals surface area contributed by atoms with E-state index < -0.39 is 0 Å². The number of aromatic nitrogens is 1. The summed E-state index contributed by atoms with van der Waals surface area (Å²) >= 11 is 1.55. The van der Waals surface area contributed by atoms with E-state index in [1.807, 2.05) is 31.2 Å². The fourth-order valence-corrected chi connectivity index (χ4v) is 4.57. The second-order valence-electron chi connectivity index (χ2n) is 7.35. The van der Waals surface area contributed by atoms with Gasteiger partial charge in [-0.3, -0.25) is 9.69 Å². The maximum Gasteiger partial charge on any atom is 0.266 e. The van der Waals surface area contributed by atoms with E-state index in [-0.39, 0.29) is 18.6 Å². The predicted octanol–water partition coefficient (Wildman–Crippen LogP) is 4.76. The van der Waals surface area contributed by atoms with Crippen molar-refractivity contribution in [3.05, 3.63) is 53.6 Å². The number of hydrogen-bond donors (Lipinski definition) is 0. The molecule has 1 saturated heterocycles. The molecule has 3 aromatic rings. The summed E-state index contributed by atoms with van der Waals surface area (Å²) in [6.07, 6.45) is 2.97. The van der Waals surface area contributed by atoms with Crippen molar-refractivity contribution in [1.29, 1.82) is 0 Å². The van der Waals surface area contributed by atoms with Gasteiger partial charge in [-0.15, -0.1) is 0 Å². The molecule has 0 radical (unpaired) electrons. The van der Waals surface area contributed by atoms with E-state index in [1.165, 1.54) is 5.56 Å². The van der Waals surface area contributed by atoms with Crippen LogP contribution in [-0.4, -0.2) is 36.8 Å². The molecule has 0 aliphatic carbocycles. The number of amides is 1. The summed E-state index contributed by atoms with van der Waals surface area (Å²) < 4.78 is 12.6. The monoisotopic (exact) mass is 410 g/mol. The summed E-state index contributed by atoms with van der Waals surface area (Å²) in [7, 11) is 0. The largest absolute Gasteiger partial charge is 0.484 e. The van der Waals surface area contributed by atoms with Crippen LogP contribution in [0.3, 0.4) is 0 Å². The number of carbonyl (C=O) groups is 1. The molecule has 5 nitrogen and oxygen atoms in total. The van der Waals surface area contributed by atoms with Gasteiger partial charge >= 0.3 is 0 Å². The second kappa shape index (κ2) is 8.93. The Hall–Kier alpha value is -2.44. The number of para-hydroxylation sites is 1. The quantitative estimate of drug-likeness (QED) is 0.564. The van der Waals surface area contributed by atoms with E-state index in [0.29, 0.717) is 17.4 Å². The third-order valence-electron chi connectivity index (χ3n) is 5.20. The van der Waals surface area contributed by atoms with Gasteiger partial charge in [0, 0.05) is 6.61 Å². The average Bonchev–Trinajstić information content (AvgIpc) is 3.40. The van der Waals surface area contributed by atoms with Crippen LogP contribution in [0.2, 0.25) is 0 Å². The summed E-state index contributed by atoms with van der Waals surface area (Å²) in [5, 5.41) is 0.717. The van der Waals surface area contributed by atoms with Crippen LogP contribution in [0, 0.1) is 6.92 Å². The maximum atomic E-state index is 13.1. The molecule has 1 atom stereocenters. The van der Waals surface area contributed by atoms with Crippen molar-refractivity contribution in [3.8, 4) is 5.75 Å². The topological polar surface area (TPSA) is 51.7 Å². The van der Waals surface area contributed by atoms with Crippen molar-refractivity contribution in [3.63, 3.8) is 0 Å². The Balaban J connectivity index is 1.57. The first-order valence-electron chi connectivity index (χ1n) is 10.1. The highest BCUT2D eigenvalue weighted by Gasteiger charge is 2.26. The molecular formula is C23H26N2O3S. The van der Waals surface area contributed by atoms with Crippen LogP contribution < -0.4 is 9.64 Å². The van der Waals surface area contributed by atoms with E-state index in [4.69, 9.17) is 14.5 Å². The molecule has 0 bridgehead atoms. The molecule has 2 aromatic carbocycles. The van der Waals surface area contributed by atoms with Crippen molar-refractivity contribution in [1.82, 2.24) is 4.98 Å². The lowest BCUT2D eigenvalue weighted by Gasteiger charge is -2.23. The number of fused-ring (bicyclic) bond motifs is 1. The van der Waals surface area contributed by atoms with Crippen molar-refractivity contribution in [2.45, 2.75) is 39.2 Å². The lowest BCUT2D eigenvalue weighted by Crippen LogP contribution is -2.40. The van der Waals surface area contributed by atoms with Gasteiger partial charge in [0.15, 0.2) is 11.7 Å². The number of benzene rings is 2. The fourth-order valence-electron chi connectivity index (χ4n) is 3.53. The molecule has 2 heterocycles. The standard InChI is InChI=1S/C23H26N2O3S/c1-3-17-6-4-8-20-22(17)24-23(29-20)25(14-19-7-5-13-27-19)21(26)15-28-18-11-9-16(2)10-12-18/h4,6,8-12,19H,3,5,7,13-15H2,1-2H3. The van der Waals surface area contributed by atoms with E-state index in [2.05, 4.69) is 25.1 Å². The third kappa shape index (κ3) is 4.60. The Morgan fingerprint density at radius 1 is 1.28 bits per heavy atom. The normalized spacial score (nSPS) is 16.3. The molecule has 0 spiro atoms. The van der Waals surface area contributed by atoms with Crippen LogP contribution in [0.5, 0.6) is 5.75 Å². The molecule has 1 fully saturated rings. The lowest BCUT2D eigenvalue weighted by atomic mass is 10.1. The highest BCUT2D eigenvalue weighted by atomic mass is 32.1. The zero-order valence-electron chi connectivity index (χ0n) is 16.9. The molecule has 1 aromatic heterocycles. The number of anilines is 1. The van der Waals surface area contributed by atoms with Gasteiger partial charge in [-0.1, -0.05) is 48.1 Å². The number of thiazole rings is 1. The van der Waals surface area contributed by atoms with Crippen LogP contribution >= 0.6 is 11.3 Å². The van der Waals surface area contributed by atoms with E-state index >= 15 is 0 Å². The minimum absolute atomic E-state index is 0.0215. The minimum Gasteiger partial charge on any atom is -0.484 e. The summed E-state index contributed by atoms with van der Waals surface area (Å²) in [5.41, 5.74) is 3.34. The fraction of sp³-hybridized carbons (Fsp3) is 0.391. The van der Waals surface area contributed by atoms with Crippen LogP contribution in [0.15, 0.2) is 42.5 Å². The van der Waals surface area contributed by atoms with Crippen molar-refractivity contribution in [2.24, 2.45) is 0 Å². The van der Waals surface area contributed by atoms with Crippen LogP contribution in [-0.2, 0) is 16.0 Å². The summed E-state index contributed by atoms with van der Waals surface area (Å²) in [6, 6.07) is 13.9. The van der Waals surface area contributed by atoms with Crippen molar-refractivity contribution < 1.29 is 14.3 Å². The van der Waals surface area contributed by atoms with Gasteiger partial charge < -0.3 is 9.47 Å². The van der Waals surface area contributed by atoms with E-state index in [9.17, 15) is 4.79 Å². The molecule has 6 heteroatoms. The molecule has 4 rings (SSSR count). The van der Waals surface area contributed by atoms with Crippen molar-refractivity contribution >= 4 is 32.6 Å². The number of hydrogen-bond acceptors (Lipinski definition) is 5. The Bertz CT molecular complexity index is 977. The second-order valence-corrected chi connectivity index (χ2v) is 8.36. The van der Waals surface area contributed by atoms with Gasteiger partial charge in [-0.25, -0.2) is 4.98 Å². The highest BCUT2D eigenvalue weighted by molar-refractivity contribution is 7.22. The molecule has 1 aliphatic rings. The van der Waals surface area contributed by atoms with Gasteiger partial charge in [-0.2, -0.15) is 0 Å². The number of nitrogens with zero attached hydrogens (tertiary/aromatic N) is 2. The predicted molar refractivity (Wildman–Crippen MR) is 117 cm³/mol. The van der Waals surface area contributed by atoms with Crippen LogP contribution in [0.25, 0.3) is 10.2 Å². The van der Waals surface area contributed by atoms with Gasteiger partial charge in [-0.05, 0) is 49.9 Å². The smallest absolute Gasteiger partial charge is 0.266 e. The Labute approximate surface area is 175 Å². The molecule has 0 saturated carbocycles. The highest BCUT2D eigenvalue weighted by Crippen LogP contribution is 2.32. The average molecular weight is 411 g/mol. The molecule has 0 N–H and O–H groups in total. The van der Waals surface area contributed by atoms with Crippen molar-refractivity contribution in [2.75, 3.05) is 24.7 Å². The molecule has 152 valence electrons. The first kappa shape index (κ1) is 19.9. The lowest BCUT2D eigenvalue weighted by molar-refractivity contribution is -0.120. The first-order chi connectivity index (χ1) is 14.1. The zero-order valence-corrected chi connectivity index (χ0v) is 17.7. The summed E-state index contributed by atoms with van der Waals surface area (Å²) in [6.45, 7) is 5.39. The summed E-state index contributed by atoms with van der Waals surface area (Å²) in [4.78, 5) is 19.7. The third-order valence-corrected chi connectivity index (χ3v) is 6.24. The van der Waals surface area contributed by atoms with E-state index in [0.717, 1.165) is 41.6 Å². The molecule has 1 amide bonds. The van der Waals surface area contributed by atoms with Crippen LogP contribution in [0.4, 0.5) is 5.13 Å². The zero-order chi connectivity index (χ0) is 20.2. The number of carbonyl (C=O) groups excluding carboxylic acids is 1. The Morgan fingerprint density at radius 3 is 2.83 bits per heavy atom. The molecule has 29 heavy (non-hydrogen) atoms. The van der Waals surface area contributed by atoms with Gasteiger partial charge in [0.25, 0.3) is 5.91 Å². The van der Waals surface area contributed by atoms with Gasteiger partial charge in [0.1, 0.15) is 5.75 Å². The first-order valence-corrected chi connectivity index (χ1v) is 11.0. The van der Waals surface area contributed by atoms with E-state index in [1.54, 1.807) is 16.2 Å². The molecular weight excluding hydrogens is 384 g/mol. The number of rotatable bonds is 7. The number of ether oxygens (including phenoxy) is 2. The maximum absolute atomic E-state index is 13.1. The number of aryl methyl sites for hydroxylation is 2. The summed E-state index contributed by atoms with van der Waals surface area (Å²) in [5.74, 6) is 0.594. The molecule has 1 unspecified atom stereocenters. The van der Waals surface area contributed by atoms with Gasteiger partial charge in [0.05, 0.1) is 22.9 Å². The Morgan fingerprint density at radius 2 is 2.10 bits per heavy atom. The SMILES string of the molecule is CCc1cccc2sc(N(CC3CCCO3)C(=O)COc3ccc(C)cc3)nc12. The Kier molecular flexibility index (Phi) is 6.11. The van der Waals surface area contributed by atoms with Gasteiger partial charge in [0.2, 0.25) is 0 Å².